The fourth-order valence-corrected chi connectivity index (χ4v) is 2.23. The van der Waals surface area contributed by atoms with Gasteiger partial charge in [-0.2, -0.15) is 0 Å². The van der Waals surface area contributed by atoms with Crippen molar-refractivity contribution in [3.63, 3.8) is 0 Å². The molecule has 2 aromatic rings. The summed E-state index contributed by atoms with van der Waals surface area (Å²) in [7, 11) is 0. The molecule has 0 aliphatic heterocycles. The fraction of sp³-hybridized carbons (Fsp3) is 0.333. The van der Waals surface area contributed by atoms with Crippen molar-refractivity contribution in [1.29, 1.82) is 0 Å². The number of benzene rings is 2. The normalized spacial score (nSPS) is 11.1. The number of anilines is 2. The lowest BCUT2D eigenvalue weighted by Crippen LogP contribution is -2.22. The zero-order valence-electron chi connectivity index (χ0n) is 16.7. The predicted octanol–water partition coefficient (Wildman–Crippen LogP) is 4.61. The Morgan fingerprint density at radius 3 is 2.04 bits per heavy atom. The van der Waals surface area contributed by atoms with Gasteiger partial charge in [-0.1, -0.05) is 26.0 Å². The predicted molar refractivity (Wildman–Crippen MR) is 126 cm³/mol. The van der Waals surface area contributed by atoms with Crippen LogP contribution in [0.5, 0.6) is 5.75 Å². The molecule has 0 atom stereocenters. The van der Waals surface area contributed by atoms with Gasteiger partial charge in [0.25, 0.3) is 0 Å². The summed E-state index contributed by atoms with van der Waals surface area (Å²) in [5, 5.41) is 5.92. The van der Waals surface area contributed by atoms with Crippen molar-refractivity contribution in [2.45, 2.75) is 40.3 Å². The number of ether oxygens (including phenoxy) is 1. The molecule has 0 radical (unpaired) electrons. The average Bonchev–Trinajstić information content (AvgIpc) is 2.62. The summed E-state index contributed by atoms with van der Waals surface area (Å²) in [6.45, 7) is 8.15. The van der Waals surface area contributed by atoms with Gasteiger partial charge in [0.1, 0.15) is 5.75 Å². The minimum atomic E-state index is -0.0499. The summed E-state index contributed by atoms with van der Waals surface area (Å²) in [5.41, 5.74) is 8.58. The Labute approximate surface area is 184 Å². The van der Waals surface area contributed by atoms with Crippen molar-refractivity contribution in [3.05, 3.63) is 54.1 Å². The van der Waals surface area contributed by atoms with E-state index in [1.165, 1.54) is 0 Å². The molecule has 28 heavy (non-hydrogen) atoms. The van der Waals surface area contributed by atoms with Crippen molar-refractivity contribution in [3.8, 4) is 5.75 Å². The second-order valence-corrected chi connectivity index (χ2v) is 6.86. The second-order valence-electron chi connectivity index (χ2n) is 6.86. The van der Waals surface area contributed by atoms with Gasteiger partial charge in [0.2, 0.25) is 5.91 Å². The molecule has 0 heterocycles. The van der Waals surface area contributed by atoms with Crippen LogP contribution in [-0.2, 0) is 11.3 Å². The van der Waals surface area contributed by atoms with Crippen LogP contribution in [0.3, 0.4) is 0 Å². The van der Waals surface area contributed by atoms with Crippen LogP contribution >= 0.6 is 24.0 Å². The van der Waals surface area contributed by atoms with Crippen LogP contribution in [0.1, 0.15) is 33.3 Å². The molecular formula is C21H29IN4O2. The van der Waals surface area contributed by atoms with Gasteiger partial charge < -0.3 is 21.1 Å². The number of aliphatic imine (C=N–C) groups is 1. The molecule has 0 aliphatic rings. The molecule has 0 saturated carbocycles. The van der Waals surface area contributed by atoms with E-state index in [1.54, 1.807) is 0 Å². The Morgan fingerprint density at radius 1 is 0.964 bits per heavy atom. The number of hydrogen-bond donors (Lipinski definition) is 3. The number of amides is 1. The van der Waals surface area contributed by atoms with Gasteiger partial charge in [-0.05, 0) is 55.8 Å². The van der Waals surface area contributed by atoms with E-state index in [0.717, 1.165) is 22.7 Å². The topological polar surface area (TPSA) is 88.7 Å². The molecule has 0 fully saturated rings. The van der Waals surface area contributed by atoms with E-state index < -0.39 is 0 Å². The van der Waals surface area contributed by atoms with Crippen molar-refractivity contribution in [1.82, 2.24) is 0 Å². The van der Waals surface area contributed by atoms with Crippen molar-refractivity contribution in [2.75, 3.05) is 10.6 Å². The molecule has 0 unspecified atom stereocenters. The third-order valence-corrected chi connectivity index (χ3v) is 3.68. The maximum atomic E-state index is 11.7. The maximum Gasteiger partial charge on any atom is 0.226 e. The third-order valence-electron chi connectivity index (χ3n) is 3.68. The van der Waals surface area contributed by atoms with E-state index in [4.69, 9.17) is 10.5 Å². The van der Waals surface area contributed by atoms with E-state index in [2.05, 4.69) is 15.6 Å². The molecule has 6 nitrogen and oxygen atoms in total. The zero-order valence-corrected chi connectivity index (χ0v) is 19.1. The quantitative estimate of drug-likeness (QED) is 0.297. The van der Waals surface area contributed by atoms with Gasteiger partial charge in [-0.15, -0.1) is 24.0 Å². The highest BCUT2D eigenvalue weighted by Crippen LogP contribution is 2.17. The first kappa shape index (κ1) is 23.7. The van der Waals surface area contributed by atoms with E-state index in [1.807, 2.05) is 76.2 Å². The van der Waals surface area contributed by atoms with Gasteiger partial charge in [-0.25, -0.2) is 4.99 Å². The number of hydrogen-bond acceptors (Lipinski definition) is 3. The Hall–Kier alpha value is -2.29. The molecule has 0 spiro atoms. The summed E-state index contributed by atoms with van der Waals surface area (Å²) in [6, 6.07) is 15.1. The van der Waals surface area contributed by atoms with E-state index in [-0.39, 0.29) is 41.9 Å². The molecule has 1 amide bonds. The first-order chi connectivity index (χ1) is 12.8. The molecule has 4 N–H and O–H groups in total. The van der Waals surface area contributed by atoms with E-state index in [0.29, 0.717) is 12.5 Å². The van der Waals surface area contributed by atoms with E-state index in [9.17, 15) is 4.79 Å². The van der Waals surface area contributed by atoms with Gasteiger partial charge in [-0.3, -0.25) is 4.79 Å². The second kappa shape index (κ2) is 11.5. The monoisotopic (exact) mass is 496 g/mol. The summed E-state index contributed by atoms with van der Waals surface area (Å²) in [6.07, 6.45) is 0.139. The first-order valence-electron chi connectivity index (χ1n) is 9.07. The summed E-state index contributed by atoms with van der Waals surface area (Å²) >= 11 is 0. The van der Waals surface area contributed by atoms with Crippen LogP contribution in [-0.4, -0.2) is 18.0 Å². The Morgan fingerprint density at radius 2 is 1.50 bits per heavy atom. The molecule has 0 aliphatic carbocycles. The SMILES string of the molecule is CC(C)Oc1ccc(NC(N)=NCc2ccc(NC(=O)C(C)C)cc2)cc1.I. The zero-order chi connectivity index (χ0) is 19.8. The van der Waals surface area contributed by atoms with Crippen LogP contribution < -0.4 is 21.1 Å². The highest BCUT2D eigenvalue weighted by molar-refractivity contribution is 14.0. The number of carbonyl (C=O) groups is 1. The van der Waals surface area contributed by atoms with Crippen LogP contribution in [0.25, 0.3) is 0 Å². The lowest BCUT2D eigenvalue weighted by Gasteiger charge is -2.11. The third kappa shape index (κ3) is 8.16. The summed E-state index contributed by atoms with van der Waals surface area (Å²) in [5.74, 6) is 1.10. The minimum absolute atomic E-state index is 0. The van der Waals surface area contributed by atoms with Gasteiger partial charge >= 0.3 is 0 Å². The number of nitrogens with one attached hydrogen (secondary N) is 2. The Balaban J connectivity index is 0.00000392. The van der Waals surface area contributed by atoms with Gasteiger partial charge in [0.15, 0.2) is 5.96 Å². The smallest absolute Gasteiger partial charge is 0.226 e. The molecule has 7 heteroatoms. The van der Waals surface area contributed by atoms with Crippen LogP contribution in [0, 0.1) is 5.92 Å². The van der Waals surface area contributed by atoms with Crippen LogP contribution in [0.4, 0.5) is 11.4 Å². The average molecular weight is 496 g/mol. The lowest BCUT2D eigenvalue weighted by atomic mass is 10.2. The highest BCUT2D eigenvalue weighted by atomic mass is 127. The van der Waals surface area contributed by atoms with Crippen LogP contribution in [0.15, 0.2) is 53.5 Å². The molecule has 152 valence electrons. The summed E-state index contributed by atoms with van der Waals surface area (Å²) in [4.78, 5) is 16.0. The highest BCUT2D eigenvalue weighted by Gasteiger charge is 2.06. The van der Waals surface area contributed by atoms with E-state index >= 15 is 0 Å². The molecule has 0 bridgehead atoms. The Kier molecular flexibility index (Phi) is 9.78. The number of guanidine groups is 1. The number of nitrogens with zero attached hydrogens (tertiary/aromatic N) is 1. The lowest BCUT2D eigenvalue weighted by molar-refractivity contribution is -0.118. The standard InChI is InChI=1S/C21H28N4O2.HI/c1-14(2)20(26)24-17-7-5-16(6-8-17)13-23-21(22)25-18-9-11-19(12-10-18)27-15(3)4;/h5-12,14-15H,13H2,1-4H3,(H,24,26)(H3,22,23,25);1H. The van der Waals surface area contributed by atoms with Gasteiger partial charge in [0.05, 0.1) is 12.6 Å². The largest absolute Gasteiger partial charge is 0.491 e. The van der Waals surface area contributed by atoms with Crippen LogP contribution in [0.2, 0.25) is 0 Å². The molecule has 2 aromatic carbocycles. The Bertz CT molecular complexity index is 772. The maximum absolute atomic E-state index is 11.7. The fourth-order valence-electron chi connectivity index (χ4n) is 2.23. The molecular weight excluding hydrogens is 467 g/mol. The van der Waals surface area contributed by atoms with Crippen molar-refractivity contribution < 1.29 is 9.53 Å². The first-order valence-corrected chi connectivity index (χ1v) is 9.07. The minimum Gasteiger partial charge on any atom is -0.491 e. The molecule has 2 rings (SSSR count). The van der Waals surface area contributed by atoms with Gasteiger partial charge in [0, 0.05) is 17.3 Å². The number of carbonyl (C=O) groups excluding carboxylic acids is 1. The summed E-state index contributed by atoms with van der Waals surface area (Å²) < 4.78 is 5.61. The number of halogens is 1. The molecule has 0 aromatic heterocycles. The van der Waals surface area contributed by atoms with Crippen molar-refractivity contribution in [2.24, 2.45) is 16.6 Å². The molecule has 0 saturated heterocycles. The number of nitrogens with two attached hydrogens (primary N) is 1. The van der Waals surface area contributed by atoms with Crippen molar-refractivity contribution >= 4 is 47.2 Å². The number of rotatable bonds is 7.